The molecule has 4 heterocycles. The molecule has 2 aliphatic rings. The molecular weight excluding hydrogens is 528 g/mol. The van der Waals surface area contributed by atoms with E-state index in [9.17, 15) is 31.1 Å². The number of hydrogen-bond donors (Lipinski definition) is 2. The average molecular weight is 553 g/mol. The van der Waals surface area contributed by atoms with Crippen LogP contribution in [0.3, 0.4) is 0 Å². The van der Waals surface area contributed by atoms with Gasteiger partial charge in [0.25, 0.3) is 0 Å². The summed E-state index contributed by atoms with van der Waals surface area (Å²) in [6.45, 7) is 4.56. The lowest BCUT2D eigenvalue weighted by Crippen LogP contribution is -2.51. The van der Waals surface area contributed by atoms with Crippen molar-refractivity contribution in [2.75, 3.05) is 6.54 Å². The Bertz CT molecular complexity index is 1070. The van der Waals surface area contributed by atoms with Crippen molar-refractivity contribution < 1.29 is 55.4 Å². The number of hydrogen-bond acceptors (Lipinski definition) is 6. The second kappa shape index (κ2) is 12.8. The van der Waals surface area contributed by atoms with Crippen molar-refractivity contribution in [2.24, 2.45) is 0 Å². The molecule has 2 atom stereocenters. The highest BCUT2D eigenvalue weighted by molar-refractivity contribution is 5.77. The number of carbonyl (C=O) groups is 3. The number of carboxylic acids is 2. The summed E-state index contributed by atoms with van der Waals surface area (Å²) in [5, 5.41) is 14.2. The molecule has 0 radical (unpaired) electrons. The summed E-state index contributed by atoms with van der Waals surface area (Å²) in [5.41, 5.74) is 3.19. The molecule has 2 aromatic rings. The third-order valence-electron chi connectivity index (χ3n) is 5.73. The maximum atomic E-state index is 12.5. The van der Waals surface area contributed by atoms with Crippen LogP contribution in [0.25, 0.3) is 0 Å². The summed E-state index contributed by atoms with van der Waals surface area (Å²) >= 11 is 0. The fraction of sp³-hybridized carbons (Fsp3) is 0.478. The highest BCUT2D eigenvalue weighted by Crippen LogP contribution is 2.33. The van der Waals surface area contributed by atoms with Gasteiger partial charge >= 0.3 is 24.3 Å². The summed E-state index contributed by atoms with van der Waals surface area (Å²) < 4.78 is 68.7. The smallest absolute Gasteiger partial charge is 0.475 e. The molecule has 1 amide bonds. The maximum Gasteiger partial charge on any atom is 0.490 e. The number of carboxylic acid groups (broad SMARTS) is 2. The number of pyridine rings is 1. The number of alkyl halides is 6. The number of piperidine rings is 1. The molecule has 0 bridgehead atoms. The molecule has 2 N–H and O–H groups in total. The maximum absolute atomic E-state index is 12.5. The largest absolute Gasteiger partial charge is 0.490 e. The molecule has 2 aromatic heterocycles. The molecule has 210 valence electrons. The van der Waals surface area contributed by atoms with E-state index >= 15 is 0 Å². The lowest BCUT2D eigenvalue weighted by molar-refractivity contribution is -0.193. The Balaban J connectivity index is 0.000000301. The van der Waals surface area contributed by atoms with Crippen LogP contribution in [0.5, 0.6) is 0 Å². The number of aryl methyl sites for hydroxylation is 1. The normalized spacial score (nSPS) is 19.6. The van der Waals surface area contributed by atoms with Crippen LogP contribution in [0.1, 0.15) is 36.2 Å². The molecule has 2 aliphatic heterocycles. The van der Waals surface area contributed by atoms with Crippen molar-refractivity contribution in [3.05, 3.63) is 53.7 Å². The lowest BCUT2D eigenvalue weighted by Gasteiger charge is -2.39. The van der Waals surface area contributed by atoms with Gasteiger partial charge in [-0.1, -0.05) is 6.07 Å². The van der Waals surface area contributed by atoms with Gasteiger partial charge in [0.15, 0.2) is 0 Å². The van der Waals surface area contributed by atoms with Gasteiger partial charge in [0, 0.05) is 42.9 Å². The van der Waals surface area contributed by atoms with E-state index in [1.54, 1.807) is 6.26 Å². The zero-order valence-electron chi connectivity index (χ0n) is 20.0. The van der Waals surface area contributed by atoms with Gasteiger partial charge < -0.3 is 19.5 Å². The van der Waals surface area contributed by atoms with Crippen LogP contribution in [0.15, 0.2) is 41.2 Å². The molecule has 9 nitrogen and oxygen atoms in total. The van der Waals surface area contributed by atoms with Gasteiger partial charge in [-0.2, -0.15) is 26.3 Å². The molecule has 15 heteroatoms. The number of nitrogens with zero attached hydrogens (tertiary/aromatic N) is 3. The number of fused-ring (bicyclic) bond motifs is 1. The number of rotatable bonds is 4. The standard InChI is InChI=1S/C19H23N3O2.2C2HF3O2/c1-14-3-2-4-16(20-14)12-22-18-7-9-21(11-15-8-10-24-13-15)17(18)5-6-19(22)23;2*3-2(4,5)1(6)7/h2-4,8,10,13,17-18H,5-7,9,11-12H2,1H3;2*(H,6,7)/t17-,18-;;/m1../s1. The van der Waals surface area contributed by atoms with Gasteiger partial charge in [0.05, 0.1) is 24.8 Å². The molecular formula is C23H25F6N3O6. The van der Waals surface area contributed by atoms with Crippen molar-refractivity contribution in [3.63, 3.8) is 0 Å². The van der Waals surface area contributed by atoms with Gasteiger partial charge in [0.2, 0.25) is 5.91 Å². The molecule has 0 unspecified atom stereocenters. The van der Waals surface area contributed by atoms with Crippen molar-refractivity contribution in [1.29, 1.82) is 0 Å². The monoisotopic (exact) mass is 553 g/mol. The molecule has 38 heavy (non-hydrogen) atoms. The second-order valence-corrected chi connectivity index (χ2v) is 8.46. The van der Waals surface area contributed by atoms with Crippen molar-refractivity contribution >= 4 is 17.8 Å². The molecule has 0 spiro atoms. The quantitative estimate of drug-likeness (QED) is 0.545. The summed E-state index contributed by atoms with van der Waals surface area (Å²) in [5.74, 6) is -5.25. The van der Waals surface area contributed by atoms with E-state index in [1.165, 1.54) is 5.56 Å². The summed E-state index contributed by atoms with van der Waals surface area (Å²) in [7, 11) is 0. The highest BCUT2D eigenvalue weighted by Gasteiger charge is 2.43. The lowest BCUT2D eigenvalue weighted by atomic mass is 9.96. The minimum Gasteiger partial charge on any atom is -0.475 e. The Morgan fingerprint density at radius 3 is 2.11 bits per heavy atom. The van der Waals surface area contributed by atoms with Crippen molar-refractivity contribution in [2.45, 2.75) is 63.7 Å². The zero-order chi connectivity index (χ0) is 28.7. The van der Waals surface area contributed by atoms with E-state index in [2.05, 4.69) is 14.8 Å². The molecule has 0 aromatic carbocycles. The van der Waals surface area contributed by atoms with Gasteiger partial charge in [-0.05, 0) is 38.0 Å². The van der Waals surface area contributed by atoms with E-state index in [0.29, 0.717) is 25.0 Å². The van der Waals surface area contributed by atoms with Gasteiger partial charge in [-0.15, -0.1) is 0 Å². The van der Waals surface area contributed by atoms with Crippen molar-refractivity contribution in [1.82, 2.24) is 14.8 Å². The number of furan rings is 1. The number of aliphatic carboxylic acids is 2. The van der Waals surface area contributed by atoms with Gasteiger partial charge in [-0.3, -0.25) is 14.7 Å². The first-order chi connectivity index (χ1) is 17.6. The van der Waals surface area contributed by atoms with Crippen molar-refractivity contribution in [3.8, 4) is 0 Å². The SMILES string of the molecule is Cc1cccc(CN2C(=O)CC[C@@H]3[C@H]2CCN3Cc2ccoc2)n1.O=C(O)C(F)(F)F.O=C(O)C(F)(F)F. The van der Waals surface area contributed by atoms with Crippen LogP contribution < -0.4 is 0 Å². The third kappa shape index (κ3) is 9.04. The van der Waals surface area contributed by atoms with Crippen LogP contribution in [0, 0.1) is 6.92 Å². The van der Waals surface area contributed by atoms with E-state index in [1.807, 2.05) is 37.5 Å². The molecule has 0 saturated carbocycles. The van der Waals surface area contributed by atoms with Gasteiger partial charge in [0.1, 0.15) is 0 Å². The first-order valence-corrected chi connectivity index (χ1v) is 11.2. The fourth-order valence-electron chi connectivity index (χ4n) is 4.12. The number of halogens is 6. The van der Waals surface area contributed by atoms with Crippen LogP contribution >= 0.6 is 0 Å². The predicted molar refractivity (Wildman–Crippen MR) is 117 cm³/mol. The highest BCUT2D eigenvalue weighted by atomic mass is 19.4. The Labute approximate surface area is 212 Å². The Morgan fingerprint density at radius 1 is 1.00 bits per heavy atom. The van der Waals surface area contributed by atoms with E-state index in [4.69, 9.17) is 24.2 Å². The summed E-state index contributed by atoms with van der Waals surface area (Å²) in [6, 6.07) is 8.80. The molecule has 2 fully saturated rings. The minimum atomic E-state index is -5.08. The average Bonchev–Trinajstić information content (AvgIpc) is 3.46. The summed E-state index contributed by atoms with van der Waals surface area (Å²) in [4.78, 5) is 39.4. The number of carbonyl (C=O) groups excluding carboxylic acids is 1. The number of aromatic nitrogens is 1. The zero-order valence-corrected chi connectivity index (χ0v) is 20.0. The first kappa shape index (κ1) is 30.6. The topological polar surface area (TPSA) is 124 Å². The van der Waals surface area contributed by atoms with E-state index in [0.717, 1.165) is 37.3 Å². The number of amides is 1. The minimum absolute atomic E-state index is 0.268. The third-order valence-corrected chi connectivity index (χ3v) is 5.73. The summed E-state index contributed by atoms with van der Waals surface area (Å²) in [6.07, 6.45) is -3.99. The van der Waals surface area contributed by atoms with Crippen LogP contribution in [0.4, 0.5) is 26.3 Å². The van der Waals surface area contributed by atoms with Crippen LogP contribution in [-0.2, 0) is 27.5 Å². The molecule has 4 rings (SSSR count). The fourth-order valence-corrected chi connectivity index (χ4v) is 4.12. The van der Waals surface area contributed by atoms with Gasteiger partial charge in [-0.25, -0.2) is 9.59 Å². The van der Waals surface area contributed by atoms with Crippen LogP contribution in [0.2, 0.25) is 0 Å². The molecule has 0 aliphatic carbocycles. The van der Waals surface area contributed by atoms with E-state index < -0.39 is 24.3 Å². The van der Waals surface area contributed by atoms with Crippen LogP contribution in [-0.4, -0.2) is 73.8 Å². The Kier molecular flexibility index (Phi) is 10.3. The molecule has 2 saturated heterocycles. The predicted octanol–water partition coefficient (Wildman–Crippen LogP) is 4.02. The van der Waals surface area contributed by atoms with E-state index in [-0.39, 0.29) is 5.91 Å². The first-order valence-electron chi connectivity index (χ1n) is 11.2. The second-order valence-electron chi connectivity index (χ2n) is 8.46. The Hall–Kier alpha value is -3.62. The number of likely N-dealkylation sites (tertiary alicyclic amines) is 2. The Morgan fingerprint density at radius 2 is 1.61 bits per heavy atom.